The number of rotatable bonds is 3. The molecule has 1 aromatic carbocycles. The smallest absolute Gasteiger partial charge is 0.259 e. The molecule has 2 aromatic heterocycles. The summed E-state index contributed by atoms with van der Waals surface area (Å²) in [6.45, 7) is 3.04. The first-order chi connectivity index (χ1) is 12.7. The normalized spacial score (nSPS) is 14.6. The molecule has 0 radical (unpaired) electrons. The van der Waals surface area contributed by atoms with E-state index in [1.165, 1.54) is 7.11 Å². The van der Waals surface area contributed by atoms with Crippen molar-refractivity contribution in [2.75, 3.05) is 38.3 Å². The summed E-state index contributed by atoms with van der Waals surface area (Å²) >= 11 is 6.09. The van der Waals surface area contributed by atoms with Gasteiger partial charge in [-0.15, -0.1) is 0 Å². The monoisotopic (exact) mass is 372 g/mol. The summed E-state index contributed by atoms with van der Waals surface area (Å²) in [5.41, 5.74) is 0.990. The van der Waals surface area contributed by atoms with Crippen LogP contribution in [0.5, 0.6) is 5.75 Å². The Hall–Kier alpha value is -2.64. The van der Waals surface area contributed by atoms with Crippen molar-refractivity contribution < 1.29 is 9.47 Å². The summed E-state index contributed by atoms with van der Waals surface area (Å²) < 4.78 is 10.6. The van der Waals surface area contributed by atoms with Crippen LogP contribution in [0.2, 0.25) is 5.02 Å². The fourth-order valence-electron chi connectivity index (χ4n) is 2.94. The molecule has 1 saturated heterocycles. The van der Waals surface area contributed by atoms with Gasteiger partial charge in [0.2, 0.25) is 0 Å². The highest BCUT2D eigenvalue weighted by Gasteiger charge is 2.14. The van der Waals surface area contributed by atoms with Gasteiger partial charge in [0, 0.05) is 30.9 Å². The number of aromatic amines is 1. The third-order valence-corrected chi connectivity index (χ3v) is 4.63. The summed E-state index contributed by atoms with van der Waals surface area (Å²) in [7, 11) is 1.52. The van der Waals surface area contributed by atoms with Crippen LogP contribution in [0, 0.1) is 0 Å². The van der Waals surface area contributed by atoms with Crippen molar-refractivity contribution >= 4 is 28.3 Å². The van der Waals surface area contributed by atoms with E-state index < -0.39 is 0 Å². The number of halogens is 1. The molecule has 0 spiro atoms. The summed E-state index contributed by atoms with van der Waals surface area (Å²) in [6.07, 6.45) is 1.71. The standard InChI is InChI=1S/C18H17ClN4O3/c1-25-15-9-14-12(8-13(15)19)18(24)22-17(21-14)11-2-3-16(20-10-11)23-4-6-26-7-5-23/h2-3,8-10H,4-7H2,1H3,(H,21,22,24). The molecule has 0 unspecified atom stereocenters. The molecule has 3 heterocycles. The van der Waals surface area contributed by atoms with Crippen LogP contribution in [0.15, 0.2) is 35.3 Å². The van der Waals surface area contributed by atoms with Crippen LogP contribution in [0.25, 0.3) is 22.3 Å². The minimum Gasteiger partial charge on any atom is -0.495 e. The zero-order valence-electron chi connectivity index (χ0n) is 14.2. The molecule has 7 nitrogen and oxygen atoms in total. The predicted molar refractivity (Wildman–Crippen MR) is 100 cm³/mol. The van der Waals surface area contributed by atoms with E-state index in [2.05, 4.69) is 19.9 Å². The average molecular weight is 373 g/mol. The molecule has 134 valence electrons. The van der Waals surface area contributed by atoms with Gasteiger partial charge in [0.1, 0.15) is 17.4 Å². The van der Waals surface area contributed by atoms with Crippen molar-refractivity contribution in [2.45, 2.75) is 0 Å². The van der Waals surface area contributed by atoms with E-state index in [-0.39, 0.29) is 5.56 Å². The molecular formula is C18H17ClN4O3. The minimum atomic E-state index is -0.258. The lowest BCUT2D eigenvalue weighted by atomic mass is 10.2. The first-order valence-electron chi connectivity index (χ1n) is 8.22. The van der Waals surface area contributed by atoms with E-state index in [1.807, 2.05) is 12.1 Å². The van der Waals surface area contributed by atoms with E-state index in [0.717, 1.165) is 24.5 Å². The number of anilines is 1. The van der Waals surface area contributed by atoms with Gasteiger partial charge in [-0.25, -0.2) is 9.97 Å². The van der Waals surface area contributed by atoms with Crippen molar-refractivity contribution in [3.8, 4) is 17.1 Å². The van der Waals surface area contributed by atoms with Gasteiger partial charge < -0.3 is 19.4 Å². The molecule has 1 N–H and O–H groups in total. The highest BCUT2D eigenvalue weighted by molar-refractivity contribution is 6.32. The molecule has 3 aromatic rings. The van der Waals surface area contributed by atoms with E-state index >= 15 is 0 Å². The van der Waals surface area contributed by atoms with Crippen LogP contribution in [-0.2, 0) is 4.74 Å². The molecule has 0 bridgehead atoms. The molecule has 0 aliphatic carbocycles. The van der Waals surface area contributed by atoms with Crippen molar-refractivity contribution in [1.82, 2.24) is 15.0 Å². The van der Waals surface area contributed by atoms with Crippen LogP contribution in [0.1, 0.15) is 0 Å². The number of ether oxygens (including phenoxy) is 2. The first kappa shape index (κ1) is 16.8. The van der Waals surface area contributed by atoms with Crippen LogP contribution in [0.3, 0.4) is 0 Å². The average Bonchev–Trinajstić information content (AvgIpc) is 2.69. The molecule has 1 aliphatic rings. The number of fused-ring (bicyclic) bond motifs is 1. The summed E-state index contributed by atoms with van der Waals surface area (Å²) in [5, 5.41) is 0.786. The maximum Gasteiger partial charge on any atom is 0.259 e. The second-order valence-corrected chi connectivity index (χ2v) is 6.33. The zero-order valence-corrected chi connectivity index (χ0v) is 14.9. The van der Waals surface area contributed by atoms with Gasteiger partial charge in [0.05, 0.1) is 36.2 Å². The first-order valence-corrected chi connectivity index (χ1v) is 8.60. The van der Waals surface area contributed by atoms with Crippen molar-refractivity contribution in [2.24, 2.45) is 0 Å². The van der Waals surface area contributed by atoms with Gasteiger partial charge in [-0.1, -0.05) is 11.6 Å². The topological polar surface area (TPSA) is 80.3 Å². The summed E-state index contributed by atoms with van der Waals surface area (Å²) in [4.78, 5) is 26.4. The Labute approximate surface area is 154 Å². The molecule has 0 amide bonds. The Balaban J connectivity index is 1.71. The Morgan fingerprint density at radius 1 is 1.27 bits per heavy atom. The molecule has 26 heavy (non-hydrogen) atoms. The lowest BCUT2D eigenvalue weighted by molar-refractivity contribution is 0.122. The molecule has 8 heteroatoms. The predicted octanol–water partition coefficient (Wildman–Crippen LogP) is 2.48. The van der Waals surface area contributed by atoms with Crippen molar-refractivity contribution in [1.29, 1.82) is 0 Å². The minimum absolute atomic E-state index is 0.258. The van der Waals surface area contributed by atoms with Crippen molar-refractivity contribution in [3.63, 3.8) is 0 Å². The second kappa shape index (κ2) is 6.93. The Morgan fingerprint density at radius 2 is 2.08 bits per heavy atom. The van der Waals surface area contributed by atoms with Crippen LogP contribution in [0.4, 0.5) is 5.82 Å². The highest BCUT2D eigenvalue weighted by Crippen LogP contribution is 2.28. The number of hydrogen-bond acceptors (Lipinski definition) is 6. The summed E-state index contributed by atoms with van der Waals surface area (Å²) in [5.74, 6) is 1.81. The largest absolute Gasteiger partial charge is 0.495 e. The number of hydrogen-bond donors (Lipinski definition) is 1. The van der Waals surface area contributed by atoms with Gasteiger partial charge in [0.15, 0.2) is 0 Å². The van der Waals surface area contributed by atoms with Gasteiger partial charge in [-0.2, -0.15) is 0 Å². The Bertz CT molecular complexity index is 998. The number of nitrogens with zero attached hydrogens (tertiary/aromatic N) is 3. The SMILES string of the molecule is COc1cc2nc(-c3ccc(N4CCOCC4)nc3)[nH]c(=O)c2cc1Cl. The molecular weight excluding hydrogens is 356 g/mol. The Morgan fingerprint density at radius 3 is 2.77 bits per heavy atom. The number of morpholine rings is 1. The zero-order chi connectivity index (χ0) is 18.1. The maximum absolute atomic E-state index is 12.4. The van der Waals surface area contributed by atoms with Crippen LogP contribution < -0.4 is 15.2 Å². The van der Waals surface area contributed by atoms with E-state index in [9.17, 15) is 4.79 Å². The molecule has 0 atom stereocenters. The van der Waals surface area contributed by atoms with Gasteiger partial charge in [-0.3, -0.25) is 4.79 Å². The summed E-state index contributed by atoms with van der Waals surface area (Å²) in [6, 6.07) is 7.04. The molecule has 1 aliphatic heterocycles. The third kappa shape index (κ3) is 3.11. The molecule has 1 fully saturated rings. The molecule has 4 rings (SSSR count). The van der Waals surface area contributed by atoms with Gasteiger partial charge in [0.25, 0.3) is 5.56 Å². The van der Waals surface area contributed by atoms with Crippen LogP contribution >= 0.6 is 11.6 Å². The number of benzene rings is 1. The number of methoxy groups -OCH3 is 1. The fraction of sp³-hybridized carbons (Fsp3) is 0.278. The van der Waals surface area contributed by atoms with Crippen LogP contribution in [-0.4, -0.2) is 48.4 Å². The fourth-order valence-corrected chi connectivity index (χ4v) is 3.18. The number of H-pyrrole nitrogens is 1. The Kier molecular flexibility index (Phi) is 4.48. The molecule has 0 saturated carbocycles. The number of pyridine rings is 1. The number of aromatic nitrogens is 3. The quantitative estimate of drug-likeness (QED) is 0.760. The number of nitrogens with one attached hydrogen (secondary N) is 1. The second-order valence-electron chi connectivity index (χ2n) is 5.92. The lowest BCUT2D eigenvalue weighted by Crippen LogP contribution is -2.36. The van der Waals surface area contributed by atoms with Gasteiger partial charge in [-0.05, 0) is 18.2 Å². The van der Waals surface area contributed by atoms with Gasteiger partial charge >= 0.3 is 0 Å². The van der Waals surface area contributed by atoms with E-state index in [1.54, 1.807) is 18.3 Å². The van der Waals surface area contributed by atoms with E-state index in [0.29, 0.717) is 40.7 Å². The maximum atomic E-state index is 12.4. The third-order valence-electron chi connectivity index (χ3n) is 4.34. The van der Waals surface area contributed by atoms with Crippen molar-refractivity contribution in [3.05, 3.63) is 45.8 Å². The lowest BCUT2D eigenvalue weighted by Gasteiger charge is -2.27. The highest BCUT2D eigenvalue weighted by atomic mass is 35.5. The van der Waals surface area contributed by atoms with E-state index in [4.69, 9.17) is 21.1 Å².